The second kappa shape index (κ2) is 5.38. The zero-order chi connectivity index (χ0) is 13.2. The van der Waals surface area contributed by atoms with Gasteiger partial charge in [0.2, 0.25) is 0 Å². The summed E-state index contributed by atoms with van der Waals surface area (Å²) in [5.74, 6) is 0.839. The van der Waals surface area contributed by atoms with Gasteiger partial charge in [-0.15, -0.1) is 0 Å². The molecule has 1 saturated carbocycles. The van der Waals surface area contributed by atoms with Crippen LogP contribution in [0, 0.1) is 5.92 Å². The van der Waals surface area contributed by atoms with Crippen molar-refractivity contribution in [1.29, 1.82) is 0 Å². The standard InChI is InChI=1S/C17H18OS/c18-16-11-13(10-12-6-2-1-3-7-12)17(19)15-9-5-4-8-14(15)16/h4-5,8-9,11-12H,1-3,6-7,10H2. The molecule has 19 heavy (non-hydrogen) atoms. The van der Waals surface area contributed by atoms with Gasteiger partial charge in [0.25, 0.3) is 0 Å². The number of benzene rings is 1. The molecule has 2 aliphatic rings. The fourth-order valence-electron chi connectivity index (χ4n) is 3.22. The lowest BCUT2D eigenvalue weighted by Gasteiger charge is -2.25. The van der Waals surface area contributed by atoms with E-state index >= 15 is 0 Å². The van der Waals surface area contributed by atoms with E-state index in [1.807, 2.05) is 24.3 Å². The maximum absolute atomic E-state index is 12.1. The highest BCUT2D eigenvalue weighted by Crippen LogP contribution is 2.32. The van der Waals surface area contributed by atoms with Gasteiger partial charge >= 0.3 is 0 Å². The number of thiocarbonyl (C=S) groups is 1. The maximum Gasteiger partial charge on any atom is 0.186 e. The number of allylic oxidation sites excluding steroid dienone is 2. The summed E-state index contributed by atoms with van der Waals surface area (Å²) in [6.45, 7) is 0. The van der Waals surface area contributed by atoms with E-state index in [4.69, 9.17) is 12.2 Å². The Morgan fingerprint density at radius 1 is 1.05 bits per heavy atom. The molecular formula is C17H18OS. The summed E-state index contributed by atoms with van der Waals surface area (Å²) in [5, 5.41) is 0. The molecule has 0 amide bonds. The molecule has 3 rings (SSSR count). The van der Waals surface area contributed by atoms with Crippen LogP contribution in [0.2, 0.25) is 0 Å². The number of ketones is 1. The fraction of sp³-hybridized carbons (Fsp3) is 0.412. The SMILES string of the molecule is O=C1C=C(CC2CCCCC2)C(=S)c2ccccc21. The van der Waals surface area contributed by atoms with Crippen LogP contribution in [0.3, 0.4) is 0 Å². The largest absolute Gasteiger partial charge is 0.289 e. The van der Waals surface area contributed by atoms with Crippen LogP contribution in [0.1, 0.15) is 54.4 Å². The van der Waals surface area contributed by atoms with Crippen LogP contribution in [0.5, 0.6) is 0 Å². The first-order valence-electron chi connectivity index (χ1n) is 7.14. The van der Waals surface area contributed by atoms with Crippen LogP contribution in [-0.2, 0) is 0 Å². The summed E-state index contributed by atoms with van der Waals surface area (Å²) in [6, 6.07) is 7.71. The van der Waals surface area contributed by atoms with Crippen LogP contribution in [0.4, 0.5) is 0 Å². The molecule has 0 bridgehead atoms. The minimum absolute atomic E-state index is 0.120. The minimum atomic E-state index is 0.120. The van der Waals surface area contributed by atoms with Crippen molar-refractivity contribution in [2.75, 3.05) is 0 Å². The Morgan fingerprint density at radius 2 is 1.74 bits per heavy atom. The van der Waals surface area contributed by atoms with Crippen molar-refractivity contribution in [3.63, 3.8) is 0 Å². The average Bonchev–Trinajstić information content (AvgIpc) is 2.46. The summed E-state index contributed by atoms with van der Waals surface area (Å²) in [4.78, 5) is 13.0. The zero-order valence-corrected chi connectivity index (χ0v) is 11.8. The number of carbonyl (C=O) groups excluding carboxylic acids is 1. The first-order chi connectivity index (χ1) is 9.25. The van der Waals surface area contributed by atoms with E-state index in [-0.39, 0.29) is 5.78 Å². The van der Waals surface area contributed by atoms with Gasteiger partial charge in [0.1, 0.15) is 0 Å². The fourth-order valence-corrected chi connectivity index (χ4v) is 3.54. The zero-order valence-electron chi connectivity index (χ0n) is 11.0. The summed E-state index contributed by atoms with van der Waals surface area (Å²) < 4.78 is 0. The molecule has 98 valence electrons. The molecule has 0 saturated heterocycles. The number of fused-ring (bicyclic) bond motifs is 1. The van der Waals surface area contributed by atoms with Crippen LogP contribution < -0.4 is 0 Å². The maximum atomic E-state index is 12.1. The third-order valence-electron chi connectivity index (χ3n) is 4.27. The second-order valence-corrected chi connectivity index (χ2v) is 6.02. The van der Waals surface area contributed by atoms with E-state index < -0.39 is 0 Å². The van der Waals surface area contributed by atoms with E-state index in [1.165, 1.54) is 32.1 Å². The summed E-state index contributed by atoms with van der Waals surface area (Å²) in [6.07, 6.45) is 9.36. The van der Waals surface area contributed by atoms with E-state index in [0.29, 0.717) is 0 Å². The van der Waals surface area contributed by atoms with E-state index in [0.717, 1.165) is 33.9 Å². The first kappa shape index (κ1) is 12.7. The summed E-state index contributed by atoms with van der Waals surface area (Å²) in [5.41, 5.74) is 2.81. The van der Waals surface area contributed by atoms with Crippen LogP contribution >= 0.6 is 12.2 Å². The van der Waals surface area contributed by atoms with Gasteiger partial charge < -0.3 is 0 Å². The molecule has 0 N–H and O–H groups in total. The van der Waals surface area contributed by atoms with E-state index in [2.05, 4.69) is 0 Å². The molecule has 1 nitrogen and oxygen atoms in total. The van der Waals surface area contributed by atoms with Crippen molar-refractivity contribution in [2.24, 2.45) is 5.92 Å². The van der Waals surface area contributed by atoms with Crippen molar-refractivity contribution in [1.82, 2.24) is 0 Å². The smallest absolute Gasteiger partial charge is 0.186 e. The molecule has 0 spiro atoms. The number of carbonyl (C=O) groups is 1. The van der Waals surface area contributed by atoms with Gasteiger partial charge in [-0.2, -0.15) is 0 Å². The normalized spacial score (nSPS) is 20.1. The third-order valence-corrected chi connectivity index (χ3v) is 4.75. The summed E-state index contributed by atoms with van der Waals surface area (Å²) >= 11 is 5.58. The topological polar surface area (TPSA) is 17.1 Å². The first-order valence-corrected chi connectivity index (χ1v) is 7.55. The molecule has 0 aromatic heterocycles. The Kier molecular flexibility index (Phi) is 3.61. The van der Waals surface area contributed by atoms with E-state index in [1.54, 1.807) is 6.08 Å². The molecule has 0 atom stereocenters. The van der Waals surface area contributed by atoms with Crippen LogP contribution in [0.15, 0.2) is 35.9 Å². The highest BCUT2D eigenvalue weighted by atomic mass is 32.1. The highest BCUT2D eigenvalue weighted by Gasteiger charge is 2.24. The molecule has 1 fully saturated rings. The van der Waals surface area contributed by atoms with Gasteiger partial charge in [-0.25, -0.2) is 0 Å². The van der Waals surface area contributed by atoms with Gasteiger partial charge in [0, 0.05) is 16.0 Å². The van der Waals surface area contributed by atoms with Crippen molar-refractivity contribution >= 4 is 22.9 Å². The van der Waals surface area contributed by atoms with Gasteiger partial charge in [0.15, 0.2) is 5.78 Å². The number of hydrogen-bond donors (Lipinski definition) is 0. The molecule has 2 heteroatoms. The number of rotatable bonds is 2. The Hall–Kier alpha value is -1.28. The molecule has 1 aromatic rings. The Morgan fingerprint density at radius 3 is 2.47 bits per heavy atom. The molecule has 1 aromatic carbocycles. The molecule has 0 heterocycles. The van der Waals surface area contributed by atoms with Crippen molar-refractivity contribution < 1.29 is 4.79 Å². The van der Waals surface area contributed by atoms with Crippen molar-refractivity contribution in [3.8, 4) is 0 Å². The van der Waals surface area contributed by atoms with Gasteiger partial charge in [-0.1, -0.05) is 68.6 Å². The summed E-state index contributed by atoms with van der Waals surface area (Å²) in [7, 11) is 0. The predicted molar refractivity (Wildman–Crippen MR) is 81.7 cm³/mol. The van der Waals surface area contributed by atoms with Crippen molar-refractivity contribution in [2.45, 2.75) is 38.5 Å². The number of hydrogen-bond acceptors (Lipinski definition) is 2. The Labute approximate surface area is 119 Å². The molecule has 2 aliphatic carbocycles. The van der Waals surface area contributed by atoms with Crippen molar-refractivity contribution in [3.05, 3.63) is 47.0 Å². The lowest BCUT2D eigenvalue weighted by molar-refractivity contribution is 0.104. The molecule has 0 aliphatic heterocycles. The second-order valence-electron chi connectivity index (χ2n) is 5.62. The van der Waals surface area contributed by atoms with E-state index in [9.17, 15) is 4.79 Å². The van der Waals surface area contributed by atoms with Gasteiger partial charge in [0.05, 0.1) is 0 Å². The monoisotopic (exact) mass is 270 g/mol. The Balaban J connectivity index is 1.84. The lowest BCUT2D eigenvalue weighted by atomic mass is 9.80. The van der Waals surface area contributed by atoms with Crippen LogP contribution in [-0.4, -0.2) is 10.6 Å². The highest BCUT2D eigenvalue weighted by molar-refractivity contribution is 7.81. The third kappa shape index (κ3) is 2.55. The Bertz CT molecular complexity index is 550. The van der Waals surface area contributed by atoms with Crippen LogP contribution in [0.25, 0.3) is 0 Å². The van der Waals surface area contributed by atoms with Gasteiger partial charge in [-0.3, -0.25) is 4.79 Å². The quantitative estimate of drug-likeness (QED) is 0.736. The molecule has 0 unspecified atom stereocenters. The molecular weight excluding hydrogens is 252 g/mol. The van der Waals surface area contributed by atoms with Gasteiger partial charge in [-0.05, 0) is 24.0 Å². The molecule has 0 radical (unpaired) electrons. The lowest BCUT2D eigenvalue weighted by Crippen LogP contribution is -2.18. The predicted octanol–water partition coefficient (Wildman–Crippen LogP) is 4.50. The average molecular weight is 270 g/mol. The minimum Gasteiger partial charge on any atom is -0.289 e.